The van der Waals surface area contributed by atoms with Crippen LogP contribution < -0.4 is 5.32 Å². The highest BCUT2D eigenvalue weighted by Crippen LogP contribution is 2.13. The molecule has 5 heteroatoms. The Morgan fingerprint density at radius 1 is 1.37 bits per heavy atom. The molecule has 1 radical (unpaired) electrons. The van der Waals surface area contributed by atoms with Crippen molar-refractivity contribution in [2.24, 2.45) is 5.92 Å². The first-order chi connectivity index (χ1) is 8.65. The van der Waals surface area contributed by atoms with Crippen molar-refractivity contribution in [2.75, 3.05) is 0 Å². The number of hydrogen-bond donors (Lipinski definition) is 2. The van der Waals surface area contributed by atoms with Gasteiger partial charge >= 0.3 is 6.09 Å². The minimum Gasteiger partial charge on any atom is -0.444 e. The van der Waals surface area contributed by atoms with Crippen LogP contribution in [0, 0.1) is 5.92 Å². The van der Waals surface area contributed by atoms with E-state index in [1.54, 1.807) is 27.1 Å². The monoisotopic (exact) mass is 272 g/mol. The predicted molar refractivity (Wildman–Crippen MR) is 73.5 cm³/mol. The molecule has 0 aromatic rings. The first-order valence-electron chi connectivity index (χ1n) is 6.68. The van der Waals surface area contributed by atoms with Crippen molar-refractivity contribution in [3.8, 4) is 0 Å². The molecule has 5 nitrogen and oxygen atoms in total. The van der Waals surface area contributed by atoms with E-state index in [0.717, 1.165) is 0 Å². The summed E-state index contributed by atoms with van der Waals surface area (Å²) in [6.45, 7) is 9.34. The van der Waals surface area contributed by atoms with Gasteiger partial charge in [0.25, 0.3) is 0 Å². The van der Waals surface area contributed by atoms with Gasteiger partial charge in [-0.05, 0) is 39.5 Å². The lowest BCUT2D eigenvalue weighted by Crippen LogP contribution is -2.46. The van der Waals surface area contributed by atoms with E-state index < -0.39 is 23.8 Å². The molecule has 0 aliphatic rings. The average Bonchev–Trinajstić information content (AvgIpc) is 2.21. The maximum atomic E-state index is 11.7. The summed E-state index contributed by atoms with van der Waals surface area (Å²) in [5.41, 5.74) is -0.575. The van der Waals surface area contributed by atoms with Gasteiger partial charge in [-0.3, -0.25) is 4.79 Å². The SMILES string of the molecule is CC(C)CC(NC(=O)OC(C)(C)C)C(O)CC[C]=O. The van der Waals surface area contributed by atoms with Crippen molar-refractivity contribution in [1.82, 2.24) is 5.32 Å². The summed E-state index contributed by atoms with van der Waals surface area (Å²) in [6, 6.07) is -0.414. The van der Waals surface area contributed by atoms with Crippen molar-refractivity contribution in [1.29, 1.82) is 0 Å². The quantitative estimate of drug-likeness (QED) is 0.745. The van der Waals surface area contributed by atoms with Crippen molar-refractivity contribution in [3.63, 3.8) is 0 Å². The second-order valence-corrected chi connectivity index (χ2v) is 6.13. The average molecular weight is 272 g/mol. The fourth-order valence-electron chi connectivity index (χ4n) is 1.69. The van der Waals surface area contributed by atoms with E-state index in [2.05, 4.69) is 5.32 Å². The summed E-state index contributed by atoms with van der Waals surface area (Å²) < 4.78 is 5.17. The molecule has 0 fully saturated rings. The van der Waals surface area contributed by atoms with E-state index in [4.69, 9.17) is 4.74 Å². The van der Waals surface area contributed by atoms with Crippen LogP contribution in [-0.4, -0.2) is 35.2 Å². The Balaban J connectivity index is 4.49. The maximum Gasteiger partial charge on any atom is 0.407 e. The summed E-state index contributed by atoms with van der Waals surface area (Å²) in [5.74, 6) is 0.315. The van der Waals surface area contributed by atoms with Crippen molar-refractivity contribution in [2.45, 2.75) is 71.6 Å². The third kappa shape index (κ3) is 9.47. The molecule has 0 aliphatic carbocycles. The summed E-state index contributed by atoms with van der Waals surface area (Å²) in [4.78, 5) is 21.9. The van der Waals surface area contributed by atoms with Crippen LogP contribution in [0.3, 0.4) is 0 Å². The summed E-state index contributed by atoms with van der Waals surface area (Å²) in [6.07, 6.45) is 1.50. The minimum atomic E-state index is -0.767. The zero-order valence-corrected chi connectivity index (χ0v) is 12.5. The minimum absolute atomic E-state index is 0.158. The molecular formula is C14H26NO4. The van der Waals surface area contributed by atoms with Crippen LogP contribution in [0.15, 0.2) is 0 Å². The largest absolute Gasteiger partial charge is 0.444 e. The lowest BCUT2D eigenvalue weighted by Gasteiger charge is -2.27. The van der Waals surface area contributed by atoms with Crippen LogP contribution in [0.25, 0.3) is 0 Å². The van der Waals surface area contributed by atoms with Crippen LogP contribution in [0.4, 0.5) is 4.79 Å². The highest BCUT2D eigenvalue weighted by atomic mass is 16.6. The predicted octanol–water partition coefficient (Wildman–Crippen LogP) is 2.18. The number of nitrogens with one attached hydrogen (secondary N) is 1. The molecule has 19 heavy (non-hydrogen) atoms. The van der Waals surface area contributed by atoms with E-state index in [1.807, 2.05) is 13.8 Å². The molecule has 111 valence electrons. The van der Waals surface area contributed by atoms with Gasteiger partial charge in [0.1, 0.15) is 5.60 Å². The third-order valence-corrected chi connectivity index (χ3v) is 2.43. The van der Waals surface area contributed by atoms with Gasteiger partial charge in [0.2, 0.25) is 0 Å². The second-order valence-electron chi connectivity index (χ2n) is 6.13. The number of carbonyl (C=O) groups excluding carboxylic acids is 2. The van der Waals surface area contributed by atoms with Gasteiger partial charge < -0.3 is 15.2 Å². The highest BCUT2D eigenvalue weighted by molar-refractivity contribution is 5.68. The molecule has 1 amide bonds. The van der Waals surface area contributed by atoms with Gasteiger partial charge in [0, 0.05) is 6.42 Å². The summed E-state index contributed by atoms with van der Waals surface area (Å²) >= 11 is 0. The van der Waals surface area contributed by atoms with Gasteiger partial charge in [-0.1, -0.05) is 13.8 Å². The number of ether oxygens (including phenoxy) is 1. The molecule has 0 spiro atoms. The Bertz CT molecular complexity index is 284. The normalized spacial score (nSPS) is 14.9. The molecule has 0 aromatic carbocycles. The standard InChI is InChI=1S/C14H26NO4/c1-10(2)9-11(12(17)7-6-8-16)15-13(18)19-14(3,4)5/h10-12,17H,6-7,9H2,1-5H3,(H,15,18). The Hall–Kier alpha value is -1.10. The molecular weight excluding hydrogens is 246 g/mol. The number of alkyl carbamates (subject to hydrolysis) is 1. The van der Waals surface area contributed by atoms with Crippen molar-refractivity contribution < 1.29 is 19.4 Å². The molecule has 0 bridgehead atoms. The Morgan fingerprint density at radius 2 is 1.95 bits per heavy atom. The first-order valence-corrected chi connectivity index (χ1v) is 6.68. The molecule has 0 saturated heterocycles. The third-order valence-electron chi connectivity index (χ3n) is 2.43. The van der Waals surface area contributed by atoms with E-state index in [0.29, 0.717) is 12.3 Å². The zero-order valence-electron chi connectivity index (χ0n) is 12.5. The van der Waals surface area contributed by atoms with E-state index in [9.17, 15) is 14.7 Å². The van der Waals surface area contributed by atoms with Crippen LogP contribution >= 0.6 is 0 Å². The molecule has 2 unspecified atom stereocenters. The first kappa shape index (κ1) is 17.9. The lowest BCUT2D eigenvalue weighted by molar-refractivity contribution is 0.0396. The van der Waals surface area contributed by atoms with E-state index in [-0.39, 0.29) is 12.8 Å². The fourth-order valence-corrected chi connectivity index (χ4v) is 1.69. The summed E-state index contributed by atoms with van der Waals surface area (Å²) in [5, 5.41) is 12.7. The van der Waals surface area contributed by atoms with Gasteiger partial charge in [-0.2, -0.15) is 0 Å². The molecule has 0 aromatic heterocycles. The van der Waals surface area contributed by atoms with Crippen LogP contribution in [0.2, 0.25) is 0 Å². The number of carbonyl (C=O) groups is 1. The number of amides is 1. The van der Waals surface area contributed by atoms with Gasteiger partial charge in [0.15, 0.2) is 6.29 Å². The topological polar surface area (TPSA) is 75.6 Å². The van der Waals surface area contributed by atoms with Gasteiger partial charge in [-0.25, -0.2) is 4.79 Å². The molecule has 0 saturated carbocycles. The fraction of sp³-hybridized carbons (Fsp3) is 0.857. The molecule has 2 atom stereocenters. The van der Waals surface area contributed by atoms with Gasteiger partial charge in [-0.15, -0.1) is 0 Å². The highest BCUT2D eigenvalue weighted by Gasteiger charge is 2.25. The van der Waals surface area contributed by atoms with E-state index >= 15 is 0 Å². The number of aliphatic hydroxyl groups is 1. The second kappa shape index (κ2) is 8.15. The van der Waals surface area contributed by atoms with Crippen LogP contribution in [0.1, 0.15) is 53.9 Å². The number of rotatable bonds is 7. The van der Waals surface area contributed by atoms with Crippen molar-refractivity contribution in [3.05, 3.63) is 0 Å². The maximum absolute atomic E-state index is 11.7. The molecule has 2 N–H and O–H groups in total. The smallest absolute Gasteiger partial charge is 0.407 e. The Kier molecular flexibility index (Phi) is 7.68. The molecule has 0 rings (SSSR count). The van der Waals surface area contributed by atoms with Gasteiger partial charge in [0.05, 0.1) is 12.1 Å². The summed E-state index contributed by atoms with van der Waals surface area (Å²) in [7, 11) is 0. The number of hydrogen-bond acceptors (Lipinski definition) is 4. The zero-order chi connectivity index (χ0) is 15.1. The van der Waals surface area contributed by atoms with Crippen LogP contribution in [0.5, 0.6) is 0 Å². The lowest BCUT2D eigenvalue weighted by atomic mass is 9.97. The Morgan fingerprint density at radius 3 is 2.37 bits per heavy atom. The molecule has 0 heterocycles. The molecule has 0 aliphatic heterocycles. The Labute approximate surface area is 115 Å². The van der Waals surface area contributed by atoms with Crippen LogP contribution in [-0.2, 0) is 9.53 Å². The van der Waals surface area contributed by atoms with Crippen molar-refractivity contribution >= 4 is 12.4 Å². The van der Waals surface area contributed by atoms with E-state index in [1.165, 1.54) is 0 Å². The number of aliphatic hydroxyl groups excluding tert-OH is 1.